The van der Waals surface area contributed by atoms with E-state index in [1.54, 1.807) is 18.2 Å². The second-order valence-corrected chi connectivity index (χ2v) is 4.18. The first-order valence-electron chi connectivity index (χ1n) is 5.85. The highest BCUT2D eigenvalue weighted by Crippen LogP contribution is 2.19. The molecule has 2 rings (SSSR count). The second-order valence-electron chi connectivity index (χ2n) is 4.18. The van der Waals surface area contributed by atoms with Crippen LogP contribution in [0.4, 0.5) is 14.5 Å². The lowest BCUT2D eigenvalue weighted by atomic mass is 10.3. The standard InChI is InChI=1S/C12H15F2N3O2/c13-11(14)6-17(3-4-18)7-12-16-9-2-1-8(15)5-10(9)19-12/h1-2,5,11,18H,3-4,6-7,15H2. The van der Waals surface area contributed by atoms with Crippen LogP contribution in [0.5, 0.6) is 0 Å². The molecule has 0 radical (unpaired) electrons. The van der Waals surface area contributed by atoms with Gasteiger partial charge in [0.25, 0.3) is 6.43 Å². The minimum absolute atomic E-state index is 0.124. The van der Waals surface area contributed by atoms with Crippen molar-refractivity contribution in [1.82, 2.24) is 9.88 Å². The van der Waals surface area contributed by atoms with Crippen molar-refractivity contribution >= 4 is 16.8 Å². The van der Waals surface area contributed by atoms with Gasteiger partial charge in [0, 0.05) is 18.3 Å². The fourth-order valence-corrected chi connectivity index (χ4v) is 1.82. The molecule has 0 saturated heterocycles. The van der Waals surface area contributed by atoms with E-state index >= 15 is 0 Å². The van der Waals surface area contributed by atoms with Crippen LogP contribution in [0.1, 0.15) is 5.89 Å². The van der Waals surface area contributed by atoms with E-state index in [0.29, 0.717) is 22.7 Å². The number of fused-ring (bicyclic) bond motifs is 1. The van der Waals surface area contributed by atoms with E-state index < -0.39 is 13.0 Å². The number of hydrogen-bond acceptors (Lipinski definition) is 5. The van der Waals surface area contributed by atoms with E-state index in [-0.39, 0.29) is 19.7 Å². The molecule has 0 atom stereocenters. The van der Waals surface area contributed by atoms with Crippen molar-refractivity contribution in [2.75, 3.05) is 25.4 Å². The van der Waals surface area contributed by atoms with Gasteiger partial charge in [-0.3, -0.25) is 4.90 Å². The van der Waals surface area contributed by atoms with E-state index in [4.69, 9.17) is 15.3 Å². The fourth-order valence-electron chi connectivity index (χ4n) is 1.82. The molecule has 0 aliphatic heterocycles. The van der Waals surface area contributed by atoms with Crippen LogP contribution >= 0.6 is 0 Å². The van der Waals surface area contributed by atoms with Gasteiger partial charge in [-0.1, -0.05) is 0 Å². The lowest BCUT2D eigenvalue weighted by molar-refractivity contribution is 0.0706. The van der Waals surface area contributed by atoms with Crippen molar-refractivity contribution < 1.29 is 18.3 Å². The molecule has 104 valence electrons. The molecule has 1 heterocycles. The average Bonchev–Trinajstić information content (AvgIpc) is 2.69. The predicted molar refractivity (Wildman–Crippen MR) is 66.8 cm³/mol. The predicted octanol–water partition coefficient (Wildman–Crippen LogP) is 1.47. The smallest absolute Gasteiger partial charge is 0.251 e. The molecule has 0 unspecified atom stereocenters. The van der Waals surface area contributed by atoms with Crippen LogP contribution in [0.15, 0.2) is 22.6 Å². The van der Waals surface area contributed by atoms with Crippen LogP contribution in [0.3, 0.4) is 0 Å². The number of aliphatic hydroxyl groups excluding tert-OH is 1. The van der Waals surface area contributed by atoms with Gasteiger partial charge in [0.2, 0.25) is 5.89 Å². The van der Waals surface area contributed by atoms with Crippen LogP contribution in [0.25, 0.3) is 11.1 Å². The molecule has 0 aliphatic carbocycles. The number of benzene rings is 1. The maximum absolute atomic E-state index is 12.4. The summed E-state index contributed by atoms with van der Waals surface area (Å²) < 4.78 is 30.2. The number of aromatic nitrogens is 1. The van der Waals surface area contributed by atoms with Gasteiger partial charge < -0.3 is 15.3 Å². The van der Waals surface area contributed by atoms with Gasteiger partial charge in [0.15, 0.2) is 5.58 Å². The third-order valence-corrected chi connectivity index (χ3v) is 2.63. The van der Waals surface area contributed by atoms with E-state index in [0.717, 1.165) is 0 Å². The van der Waals surface area contributed by atoms with Gasteiger partial charge in [0.1, 0.15) is 5.52 Å². The normalized spacial score (nSPS) is 11.8. The number of hydrogen-bond donors (Lipinski definition) is 2. The van der Waals surface area contributed by atoms with Gasteiger partial charge in [-0.25, -0.2) is 13.8 Å². The molecule has 0 aliphatic rings. The third-order valence-electron chi connectivity index (χ3n) is 2.63. The first kappa shape index (κ1) is 13.7. The number of oxazole rings is 1. The first-order chi connectivity index (χ1) is 9.08. The zero-order chi connectivity index (χ0) is 13.8. The zero-order valence-electron chi connectivity index (χ0n) is 10.2. The SMILES string of the molecule is Nc1ccc2nc(CN(CCO)CC(F)F)oc2c1. The number of rotatable bonds is 6. The fraction of sp³-hybridized carbons (Fsp3) is 0.417. The van der Waals surface area contributed by atoms with Crippen molar-refractivity contribution in [3.63, 3.8) is 0 Å². The second kappa shape index (κ2) is 5.94. The molecule has 1 aromatic heterocycles. The van der Waals surface area contributed by atoms with E-state index in [2.05, 4.69) is 4.98 Å². The number of halogens is 2. The molecular weight excluding hydrogens is 256 g/mol. The van der Waals surface area contributed by atoms with Crippen molar-refractivity contribution in [2.45, 2.75) is 13.0 Å². The summed E-state index contributed by atoms with van der Waals surface area (Å²) >= 11 is 0. The van der Waals surface area contributed by atoms with Gasteiger partial charge in [0.05, 0.1) is 19.7 Å². The topological polar surface area (TPSA) is 75.5 Å². The number of aliphatic hydroxyl groups is 1. The first-order valence-corrected chi connectivity index (χ1v) is 5.85. The molecular formula is C12H15F2N3O2. The zero-order valence-corrected chi connectivity index (χ0v) is 10.2. The largest absolute Gasteiger partial charge is 0.439 e. The highest BCUT2D eigenvalue weighted by atomic mass is 19.3. The summed E-state index contributed by atoms with van der Waals surface area (Å²) in [5.74, 6) is 0.328. The Kier molecular flexibility index (Phi) is 4.28. The average molecular weight is 271 g/mol. The Balaban J connectivity index is 2.14. The van der Waals surface area contributed by atoms with Crippen LogP contribution in [0, 0.1) is 0 Å². The minimum Gasteiger partial charge on any atom is -0.439 e. The maximum atomic E-state index is 12.4. The summed E-state index contributed by atoms with van der Waals surface area (Å²) in [7, 11) is 0. The van der Waals surface area contributed by atoms with Crippen molar-refractivity contribution in [1.29, 1.82) is 0 Å². The highest BCUT2D eigenvalue weighted by molar-refractivity contribution is 5.76. The highest BCUT2D eigenvalue weighted by Gasteiger charge is 2.15. The summed E-state index contributed by atoms with van der Waals surface area (Å²) in [5.41, 5.74) is 7.32. The van der Waals surface area contributed by atoms with E-state index in [9.17, 15) is 8.78 Å². The van der Waals surface area contributed by atoms with Gasteiger partial charge in [-0.05, 0) is 12.1 Å². The Hall–Kier alpha value is -1.73. The minimum atomic E-state index is -2.47. The van der Waals surface area contributed by atoms with E-state index in [1.165, 1.54) is 4.90 Å². The summed E-state index contributed by atoms with van der Waals surface area (Å²) in [4.78, 5) is 5.58. The quantitative estimate of drug-likeness (QED) is 0.778. The number of nitrogens with zero attached hydrogens (tertiary/aromatic N) is 2. The maximum Gasteiger partial charge on any atom is 0.251 e. The lowest BCUT2D eigenvalue weighted by Crippen LogP contribution is -2.31. The Labute approximate surface area is 108 Å². The number of nitrogens with two attached hydrogens (primary N) is 1. The molecule has 5 nitrogen and oxygen atoms in total. The van der Waals surface area contributed by atoms with Gasteiger partial charge >= 0.3 is 0 Å². The van der Waals surface area contributed by atoms with Crippen LogP contribution in [0.2, 0.25) is 0 Å². The molecule has 0 fully saturated rings. The monoisotopic (exact) mass is 271 g/mol. The van der Waals surface area contributed by atoms with Crippen molar-refractivity contribution in [2.24, 2.45) is 0 Å². The Morgan fingerprint density at radius 2 is 2.21 bits per heavy atom. The Morgan fingerprint density at radius 1 is 1.42 bits per heavy atom. The Morgan fingerprint density at radius 3 is 2.89 bits per heavy atom. The molecule has 3 N–H and O–H groups in total. The number of alkyl halides is 2. The molecule has 0 spiro atoms. The summed E-state index contributed by atoms with van der Waals surface area (Å²) in [5, 5.41) is 8.85. The van der Waals surface area contributed by atoms with Crippen LogP contribution < -0.4 is 5.73 Å². The summed E-state index contributed by atoms with van der Waals surface area (Å²) in [6.07, 6.45) is -2.47. The van der Waals surface area contributed by atoms with Gasteiger partial charge in [-0.2, -0.15) is 0 Å². The Bertz CT molecular complexity index is 545. The molecule has 19 heavy (non-hydrogen) atoms. The summed E-state index contributed by atoms with van der Waals surface area (Å²) in [6.45, 7) is -0.355. The lowest BCUT2D eigenvalue weighted by Gasteiger charge is -2.18. The number of anilines is 1. The third kappa shape index (κ3) is 3.62. The van der Waals surface area contributed by atoms with Crippen LogP contribution in [-0.2, 0) is 6.54 Å². The van der Waals surface area contributed by atoms with Crippen molar-refractivity contribution in [3.8, 4) is 0 Å². The molecule has 1 aromatic carbocycles. The van der Waals surface area contributed by atoms with E-state index in [1.807, 2.05) is 0 Å². The van der Waals surface area contributed by atoms with Crippen molar-refractivity contribution in [3.05, 3.63) is 24.1 Å². The number of nitrogen functional groups attached to an aromatic ring is 1. The van der Waals surface area contributed by atoms with Gasteiger partial charge in [-0.15, -0.1) is 0 Å². The molecule has 0 saturated carbocycles. The molecule has 2 aromatic rings. The van der Waals surface area contributed by atoms with Crippen LogP contribution in [-0.4, -0.2) is 41.1 Å². The molecule has 0 amide bonds. The molecule has 0 bridgehead atoms. The molecule has 7 heteroatoms. The summed E-state index contributed by atoms with van der Waals surface area (Å²) in [6, 6.07) is 5.04.